The lowest BCUT2D eigenvalue weighted by atomic mass is 10.2. The minimum atomic E-state index is 0.805. The summed E-state index contributed by atoms with van der Waals surface area (Å²) < 4.78 is 5.52. The molecule has 2 aromatic heterocycles. The lowest BCUT2D eigenvalue weighted by molar-refractivity contribution is 0.0331. The van der Waals surface area contributed by atoms with Crippen LogP contribution in [0.4, 0.5) is 5.82 Å². The Hall–Kier alpha value is -2.10. The first-order chi connectivity index (χ1) is 17.3. The monoisotopic (exact) mass is 492 g/mol. The van der Waals surface area contributed by atoms with Gasteiger partial charge in [0.15, 0.2) is 0 Å². The van der Waals surface area contributed by atoms with Gasteiger partial charge in [-0.15, -0.1) is 11.3 Å². The van der Waals surface area contributed by atoms with Crippen molar-refractivity contribution in [1.82, 2.24) is 24.7 Å². The number of piperazine rings is 1. The molecule has 35 heavy (non-hydrogen) atoms. The summed E-state index contributed by atoms with van der Waals surface area (Å²) in [7, 11) is 0. The van der Waals surface area contributed by atoms with Gasteiger partial charge in [0, 0.05) is 63.8 Å². The number of anilines is 1. The second kappa shape index (κ2) is 10.9. The summed E-state index contributed by atoms with van der Waals surface area (Å²) in [5, 5.41) is 5.03. The van der Waals surface area contributed by atoms with E-state index in [2.05, 4.69) is 50.3 Å². The minimum Gasteiger partial charge on any atom is -0.379 e. The van der Waals surface area contributed by atoms with Gasteiger partial charge in [-0.2, -0.15) is 0 Å². The summed E-state index contributed by atoms with van der Waals surface area (Å²) in [6.45, 7) is 11.9. The third-order valence-corrected chi connectivity index (χ3v) is 8.70. The zero-order valence-electron chi connectivity index (χ0n) is 20.5. The minimum absolute atomic E-state index is 0.805. The van der Waals surface area contributed by atoms with Crippen molar-refractivity contribution in [2.75, 3.05) is 70.9 Å². The van der Waals surface area contributed by atoms with Gasteiger partial charge in [-0.05, 0) is 30.4 Å². The second-order valence-corrected chi connectivity index (χ2v) is 11.0. The van der Waals surface area contributed by atoms with Crippen molar-refractivity contribution >= 4 is 27.4 Å². The topological polar surface area (TPSA) is 56.8 Å². The van der Waals surface area contributed by atoms with Gasteiger partial charge in [-0.25, -0.2) is 9.97 Å². The van der Waals surface area contributed by atoms with Gasteiger partial charge in [-0.3, -0.25) is 14.7 Å². The van der Waals surface area contributed by atoms with E-state index in [-0.39, 0.29) is 0 Å². The molecule has 0 spiro atoms. The molecule has 0 unspecified atom stereocenters. The third kappa shape index (κ3) is 5.52. The van der Waals surface area contributed by atoms with Crippen LogP contribution in [-0.2, 0) is 30.7 Å². The molecule has 3 aliphatic rings. The Labute approximate surface area is 212 Å². The Morgan fingerprint density at radius 1 is 0.857 bits per heavy atom. The van der Waals surface area contributed by atoms with Crippen LogP contribution < -0.4 is 5.32 Å². The van der Waals surface area contributed by atoms with Gasteiger partial charge in [0.1, 0.15) is 16.5 Å². The number of hydrogen-bond acceptors (Lipinski definition) is 8. The maximum absolute atomic E-state index is 5.52. The van der Waals surface area contributed by atoms with E-state index >= 15 is 0 Å². The average molecular weight is 493 g/mol. The number of hydrogen-bond donors (Lipinski definition) is 1. The molecule has 0 amide bonds. The molecule has 7 nitrogen and oxygen atoms in total. The fourth-order valence-corrected chi connectivity index (χ4v) is 6.82. The van der Waals surface area contributed by atoms with E-state index in [4.69, 9.17) is 14.7 Å². The molecule has 1 N–H and O–H groups in total. The average Bonchev–Trinajstić information content (AvgIpc) is 3.48. The lowest BCUT2D eigenvalue weighted by Crippen LogP contribution is -2.47. The van der Waals surface area contributed by atoms with E-state index in [1.165, 1.54) is 45.5 Å². The maximum atomic E-state index is 5.52. The fraction of sp³-hybridized carbons (Fsp3) is 0.556. The van der Waals surface area contributed by atoms with Crippen LogP contribution in [0.1, 0.15) is 28.2 Å². The SMILES string of the molecule is c1ccc(CN2CCN(CCNc3nc(CN4CCOCC4)nc4sc5c(c34)CCC5)CC2)cc1. The molecular formula is C27H36N6OS. The van der Waals surface area contributed by atoms with Crippen LogP contribution in [0.25, 0.3) is 10.2 Å². The number of nitrogens with one attached hydrogen (secondary N) is 1. The van der Waals surface area contributed by atoms with Crippen LogP contribution in [0.3, 0.4) is 0 Å². The molecule has 8 heteroatoms. The summed E-state index contributed by atoms with van der Waals surface area (Å²) in [5.74, 6) is 2.00. The quantitative estimate of drug-likeness (QED) is 0.518. The smallest absolute Gasteiger partial charge is 0.146 e. The largest absolute Gasteiger partial charge is 0.379 e. The normalized spacial score (nSPS) is 19.9. The third-order valence-electron chi connectivity index (χ3n) is 7.51. The standard InChI is InChI=1S/C27H36N6OS/c1-2-5-21(6-3-1)19-32-13-11-31(12-14-32)10-9-28-26-25-22-7-4-8-23(22)35-27(25)30-24(29-26)20-33-15-17-34-18-16-33/h1-3,5-6H,4,7-20H2,(H,28,29,30). The molecule has 186 valence electrons. The molecular weight excluding hydrogens is 456 g/mol. The van der Waals surface area contributed by atoms with Gasteiger partial charge in [0.2, 0.25) is 0 Å². The molecule has 2 aliphatic heterocycles. The second-order valence-electron chi connectivity index (χ2n) is 9.94. The van der Waals surface area contributed by atoms with E-state index in [1.54, 1.807) is 0 Å². The molecule has 2 saturated heterocycles. The number of aryl methyl sites for hydroxylation is 2. The molecule has 2 fully saturated rings. The molecule has 0 saturated carbocycles. The number of thiophene rings is 1. The van der Waals surface area contributed by atoms with Crippen molar-refractivity contribution in [3.63, 3.8) is 0 Å². The van der Waals surface area contributed by atoms with E-state index in [0.717, 1.165) is 90.3 Å². The molecule has 0 atom stereocenters. The first kappa shape index (κ1) is 23.3. The number of ether oxygens (including phenoxy) is 1. The summed E-state index contributed by atoms with van der Waals surface area (Å²) in [6, 6.07) is 10.8. The number of benzene rings is 1. The highest BCUT2D eigenvalue weighted by molar-refractivity contribution is 7.19. The summed E-state index contributed by atoms with van der Waals surface area (Å²) in [6.07, 6.45) is 3.63. The number of rotatable bonds is 8. The highest BCUT2D eigenvalue weighted by Gasteiger charge is 2.23. The lowest BCUT2D eigenvalue weighted by Gasteiger charge is -2.34. The van der Waals surface area contributed by atoms with Crippen LogP contribution >= 0.6 is 11.3 Å². The first-order valence-corrected chi connectivity index (χ1v) is 14.0. The van der Waals surface area contributed by atoms with Gasteiger partial charge < -0.3 is 10.1 Å². The Kier molecular flexibility index (Phi) is 7.25. The predicted molar refractivity (Wildman–Crippen MR) is 142 cm³/mol. The van der Waals surface area contributed by atoms with Gasteiger partial charge >= 0.3 is 0 Å². The molecule has 1 aliphatic carbocycles. The zero-order valence-corrected chi connectivity index (χ0v) is 21.4. The Morgan fingerprint density at radius 3 is 2.46 bits per heavy atom. The number of morpholine rings is 1. The van der Waals surface area contributed by atoms with E-state index < -0.39 is 0 Å². The van der Waals surface area contributed by atoms with Crippen LogP contribution in [0.15, 0.2) is 30.3 Å². The first-order valence-electron chi connectivity index (χ1n) is 13.2. The molecule has 1 aromatic carbocycles. The van der Waals surface area contributed by atoms with Crippen molar-refractivity contribution in [3.05, 3.63) is 52.2 Å². The van der Waals surface area contributed by atoms with Gasteiger partial charge in [0.25, 0.3) is 0 Å². The number of nitrogens with zero attached hydrogens (tertiary/aromatic N) is 5. The summed E-state index contributed by atoms with van der Waals surface area (Å²) in [4.78, 5) is 20.3. The van der Waals surface area contributed by atoms with Crippen LogP contribution in [0.5, 0.6) is 0 Å². The van der Waals surface area contributed by atoms with Crippen LogP contribution in [0.2, 0.25) is 0 Å². The van der Waals surface area contributed by atoms with Crippen molar-refractivity contribution in [2.45, 2.75) is 32.4 Å². The van der Waals surface area contributed by atoms with Crippen molar-refractivity contribution < 1.29 is 4.74 Å². The van der Waals surface area contributed by atoms with Crippen molar-refractivity contribution in [1.29, 1.82) is 0 Å². The van der Waals surface area contributed by atoms with Crippen LogP contribution in [-0.4, -0.2) is 90.2 Å². The summed E-state index contributed by atoms with van der Waals surface area (Å²) >= 11 is 1.89. The van der Waals surface area contributed by atoms with Crippen molar-refractivity contribution in [3.8, 4) is 0 Å². The van der Waals surface area contributed by atoms with Crippen LogP contribution in [0, 0.1) is 0 Å². The highest BCUT2D eigenvalue weighted by Crippen LogP contribution is 2.39. The Morgan fingerprint density at radius 2 is 1.63 bits per heavy atom. The van der Waals surface area contributed by atoms with E-state index in [1.807, 2.05) is 11.3 Å². The molecule has 6 rings (SSSR count). The van der Waals surface area contributed by atoms with Crippen molar-refractivity contribution in [2.24, 2.45) is 0 Å². The van der Waals surface area contributed by atoms with Gasteiger partial charge in [0.05, 0.1) is 25.1 Å². The molecule has 3 aromatic rings. The summed E-state index contributed by atoms with van der Waals surface area (Å²) in [5.41, 5.74) is 2.91. The predicted octanol–water partition coefficient (Wildman–Crippen LogP) is 3.24. The molecule has 0 bridgehead atoms. The zero-order chi connectivity index (χ0) is 23.5. The van der Waals surface area contributed by atoms with E-state index in [9.17, 15) is 0 Å². The maximum Gasteiger partial charge on any atom is 0.146 e. The Bertz CT molecular complexity index is 1120. The Balaban J connectivity index is 1.08. The number of aromatic nitrogens is 2. The highest BCUT2D eigenvalue weighted by atomic mass is 32.1. The van der Waals surface area contributed by atoms with Gasteiger partial charge in [-0.1, -0.05) is 30.3 Å². The number of fused-ring (bicyclic) bond motifs is 3. The molecule has 0 radical (unpaired) electrons. The van der Waals surface area contributed by atoms with E-state index in [0.29, 0.717) is 0 Å². The fourth-order valence-electron chi connectivity index (χ4n) is 5.54. The molecule has 4 heterocycles.